The van der Waals surface area contributed by atoms with Crippen LogP contribution in [0.3, 0.4) is 0 Å². The van der Waals surface area contributed by atoms with E-state index in [1.54, 1.807) is 19.1 Å². The number of carbonyl (C=O) groups is 2. The predicted octanol–water partition coefficient (Wildman–Crippen LogP) is 1.83. The number of aromatic nitrogens is 1. The molecule has 1 heterocycles. The largest absolute Gasteiger partial charge is 0.480 e. The molecule has 2 N–H and O–H groups in total. The molecule has 1 atom stereocenters. The van der Waals surface area contributed by atoms with Gasteiger partial charge in [0.1, 0.15) is 11.2 Å². The van der Waals surface area contributed by atoms with E-state index < -0.39 is 17.4 Å². The lowest BCUT2D eigenvalue weighted by molar-refractivity contribution is -0.144. The van der Waals surface area contributed by atoms with Gasteiger partial charge in [-0.05, 0) is 53.7 Å². The Morgan fingerprint density at radius 1 is 1.56 bits per heavy atom. The lowest BCUT2D eigenvalue weighted by atomic mass is 9.96. The average molecular weight is 313 g/mol. The molecule has 0 saturated heterocycles. The second kappa shape index (κ2) is 4.68. The molecular formula is C12H13BrN2O3. The maximum absolute atomic E-state index is 12.1. The highest BCUT2D eigenvalue weighted by Crippen LogP contribution is 2.39. The van der Waals surface area contributed by atoms with Gasteiger partial charge in [0.25, 0.3) is 5.91 Å². The number of carboxylic acid groups (broad SMARTS) is 1. The van der Waals surface area contributed by atoms with Crippen LogP contribution in [0.5, 0.6) is 0 Å². The Labute approximate surface area is 113 Å². The van der Waals surface area contributed by atoms with E-state index in [1.807, 2.05) is 0 Å². The zero-order chi connectivity index (χ0) is 13.3. The SMILES string of the molecule is CC(NC(=O)c1ncccc1Br)(C(=O)O)C1CC1. The van der Waals surface area contributed by atoms with E-state index in [9.17, 15) is 14.7 Å². The van der Waals surface area contributed by atoms with E-state index in [0.717, 1.165) is 12.8 Å². The van der Waals surface area contributed by atoms with Crippen LogP contribution >= 0.6 is 15.9 Å². The number of aliphatic carboxylic acids is 1. The summed E-state index contributed by atoms with van der Waals surface area (Å²) in [6.45, 7) is 1.54. The van der Waals surface area contributed by atoms with Crippen LogP contribution in [0.25, 0.3) is 0 Å². The Hall–Kier alpha value is -1.43. The number of nitrogens with one attached hydrogen (secondary N) is 1. The van der Waals surface area contributed by atoms with Crippen molar-refractivity contribution in [2.75, 3.05) is 0 Å². The third-order valence-corrected chi connectivity index (χ3v) is 3.82. The second-order valence-electron chi connectivity index (χ2n) is 4.57. The van der Waals surface area contributed by atoms with Gasteiger partial charge in [-0.15, -0.1) is 0 Å². The Morgan fingerprint density at radius 2 is 2.22 bits per heavy atom. The van der Waals surface area contributed by atoms with Gasteiger partial charge < -0.3 is 10.4 Å². The molecule has 0 radical (unpaired) electrons. The molecule has 5 nitrogen and oxygen atoms in total. The van der Waals surface area contributed by atoms with Crippen LogP contribution < -0.4 is 5.32 Å². The molecule has 6 heteroatoms. The average Bonchev–Trinajstić information content (AvgIpc) is 3.13. The van der Waals surface area contributed by atoms with E-state index in [-0.39, 0.29) is 11.6 Å². The van der Waals surface area contributed by atoms with Crippen LogP contribution in [0, 0.1) is 5.92 Å². The third kappa shape index (κ3) is 2.38. The summed E-state index contributed by atoms with van der Waals surface area (Å²) in [5.41, 5.74) is -1.01. The molecule has 0 spiro atoms. The summed E-state index contributed by atoms with van der Waals surface area (Å²) in [7, 11) is 0. The first kappa shape index (κ1) is 13.0. The molecule has 1 aliphatic rings. The first-order valence-corrected chi connectivity index (χ1v) is 6.41. The number of amides is 1. The van der Waals surface area contributed by atoms with Crippen LogP contribution in [0.2, 0.25) is 0 Å². The molecule has 0 bridgehead atoms. The normalized spacial score (nSPS) is 17.9. The van der Waals surface area contributed by atoms with Crippen LogP contribution in [-0.2, 0) is 4.79 Å². The highest BCUT2D eigenvalue weighted by atomic mass is 79.9. The van der Waals surface area contributed by atoms with Crippen molar-refractivity contribution >= 4 is 27.8 Å². The van der Waals surface area contributed by atoms with Gasteiger partial charge in [0.15, 0.2) is 0 Å². The molecule has 1 fully saturated rings. The fraction of sp³-hybridized carbons (Fsp3) is 0.417. The minimum Gasteiger partial charge on any atom is -0.480 e. The molecule has 1 unspecified atom stereocenters. The van der Waals surface area contributed by atoms with Crippen LogP contribution in [0.15, 0.2) is 22.8 Å². The van der Waals surface area contributed by atoms with E-state index in [1.165, 1.54) is 6.20 Å². The summed E-state index contributed by atoms with van der Waals surface area (Å²) in [6, 6.07) is 3.38. The quantitative estimate of drug-likeness (QED) is 0.889. The molecule has 0 aliphatic heterocycles. The minimum atomic E-state index is -1.21. The van der Waals surface area contributed by atoms with Crippen LogP contribution in [-0.4, -0.2) is 27.5 Å². The van der Waals surface area contributed by atoms with Crippen molar-refractivity contribution in [1.82, 2.24) is 10.3 Å². The Balaban J connectivity index is 2.20. The summed E-state index contributed by atoms with van der Waals surface area (Å²) >= 11 is 3.22. The van der Waals surface area contributed by atoms with Gasteiger partial charge >= 0.3 is 5.97 Å². The monoisotopic (exact) mass is 312 g/mol. The van der Waals surface area contributed by atoms with E-state index in [4.69, 9.17) is 0 Å². The van der Waals surface area contributed by atoms with Crippen LogP contribution in [0.4, 0.5) is 0 Å². The number of halogens is 1. The van der Waals surface area contributed by atoms with Gasteiger partial charge in [-0.25, -0.2) is 9.78 Å². The van der Waals surface area contributed by atoms with Crippen molar-refractivity contribution in [3.8, 4) is 0 Å². The number of rotatable bonds is 4. The number of carboxylic acids is 1. The number of carbonyl (C=O) groups excluding carboxylic acids is 1. The maximum Gasteiger partial charge on any atom is 0.329 e. The molecule has 1 aliphatic carbocycles. The molecule has 96 valence electrons. The van der Waals surface area contributed by atoms with Gasteiger partial charge in [-0.3, -0.25) is 4.79 Å². The van der Waals surface area contributed by atoms with Crippen molar-refractivity contribution in [3.05, 3.63) is 28.5 Å². The van der Waals surface area contributed by atoms with Gasteiger partial charge in [0, 0.05) is 10.7 Å². The van der Waals surface area contributed by atoms with Gasteiger partial charge in [0.2, 0.25) is 0 Å². The third-order valence-electron chi connectivity index (χ3n) is 3.18. The standard InChI is InChI=1S/C12H13BrN2O3/c1-12(11(17)18,7-4-5-7)15-10(16)9-8(13)3-2-6-14-9/h2-3,6-7H,4-5H2,1H3,(H,15,16)(H,17,18). The number of pyridine rings is 1. The van der Waals surface area contributed by atoms with Gasteiger partial charge in [-0.1, -0.05) is 0 Å². The highest BCUT2D eigenvalue weighted by Gasteiger charge is 2.48. The molecule has 1 aromatic heterocycles. The molecule has 2 rings (SSSR count). The zero-order valence-electron chi connectivity index (χ0n) is 9.81. The second-order valence-corrected chi connectivity index (χ2v) is 5.42. The van der Waals surface area contributed by atoms with Crippen LogP contribution in [0.1, 0.15) is 30.3 Å². The van der Waals surface area contributed by atoms with E-state index in [0.29, 0.717) is 4.47 Å². The highest BCUT2D eigenvalue weighted by molar-refractivity contribution is 9.10. The lowest BCUT2D eigenvalue weighted by Crippen LogP contribution is -2.54. The van der Waals surface area contributed by atoms with Gasteiger partial charge in [0.05, 0.1) is 0 Å². The Morgan fingerprint density at radius 3 is 2.72 bits per heavy atom. The molecule has 1 amide bonds. The summed E-state index contributed by atoms with van der Waals surface area (Å²) in [5.74, 6) is -1.48. The smallest absolute Gasteiger partial charge is 0.329 e. The van der Waals surface area contributed by atoms with Crippen molar-refractivity contribution in [2.45, 2.75) is 25.3 Å². The first-order valence-electron chi connectivity index (χ1n) is 5.61. The number of nitrogens with zero attached hydrogens (tertiary/aromatic N) is 1. The molecule has 1 saturated carbocycles. The molecule has 1 aromatic rings. The summed E-state index contributed by atoms with van der Waals surface area (Å²) in [5, 5.41) is 11.8. The topological polar surface area (TPSA) is 79.3 Å². The van der Waals surface area contributed by atoms with Gasteiger partial charge in [-0.2, -0.15) is 0 Å². The first-order chi connectivity index (χ1) is 8.45. The zero-order valence-corrected chi connectivity index (χ0v) is 11.4. The van der Waals surface area contributed by atoms with Crippen molar-refractivity contribution < 1.29 is 14.7 Å². The fourth-order valence-electron chi connectivity index (χ4n) is 1.84. The summed E-state index contributed by atoms with van der Waals surface area (Å²) < 4.78 is 0.547. The maximum atomic E-state index is 12.1. The predicted molar refractivity (Wildman–Crippen MR) is 68.2 cm³/mol. The minimum absolute atomic E-state index is 0.00133. The number of hydrogen-bond acceptors (Lipinski definition) is 3. The summed E-state index contributed by atoms with van der Waals surface area (Å²) in [4.78, 5) is 27.3. The van der Waals surface area contributed by atoms with Crippen molar-refractivity contribution in [3.63, 3.8) is 0 Å². The Kier molecular flexibility index (Phi) is 3.38. The van der Waals surface area contributed by atoms with Crippen molar-refractivity contribution in [2.24, 2.45) is 5.92 Å². The Bertz CT molecular complexity index is 502. The van der Waals surface area contributed by atoms with E-state index >= 15 is 0 Å². The molecular weight excluding hydrogens is 300 g/mol. The van der Waals surface area contributed by atoms with E-state index in [2.05, 4.69) is 26.2 Å². The fourth-order valence-corrected chi connectivity index (χ4v) is 2.27. The lowest BCUT2D eigenvalue weighted by Gasteiger charge is -2.26. The van der Waals surface area contributed by atoms with Crippen molar-refractivity contribution in [1.29, 1.82) is 0 Å². The molecule has 18 heavy (non-hydrogen) atoms. The molecule has 0 aromatic carbocycles. The summed E-state index contributed by atoms with van der Waals surface area (Å²) in [6.07, 6.45) is 3.15. The number of hydrogen-bond donors (Lipinski definition) is 2.